The average Bonchev–Trinajstić information content (AvgIpc) is 3.42. The number of halogens is 1. The van der Waals surface area contributed by atoms with Crippen molar-refractivity contribution in [1.82, 2.24) is 14.5 Å². The highest BCUT2D eigenvalue weighted by Crippen LogP contribution is 2.36. The van der Waals surface area contributed by atoms with E-state index in [1.165, 1.54) is 12.1 Å². The topological polar surface area (TPSA) is 87.9 Å². The van der Waals surface area contributed by atoms with Crippen LogP contribution >= 0.6 is 0 Å². The fraction of sp³-hybridized carbons (Fsp3) is 0.375. The van der Waals surface area contributed by atoms with Crippen molar-refractivity contribution in [3.05, 3.63) is 107 Å². The number of carbonyl (C=O) groups is 2. The van der Waals surface area contributed by atoms with Gasteiger partial charge in [-0.3, -0.25) is 9.59 Å². The second-order valence-corrected chi connectivity index (χ2v) is 13.5. The third-order valence-corrected chi connectivity index (χ3v) is 10.5. The summed E-state index contributed by atoms with van der Waals surface area (Å²) in [7, 11) is 0. The first-order valence-electron chi connectivity index (χ1n) is 17.3. The number of anilines is 1. The van der Waals surface area contributed by atoms with Crippen molar-refractivity contribution < 1.29 is 23.8 Å². The highest BCUT2D eigenvalue weighted by Gasteiger charge is 2.35. The number of aryl methyl sites for hydroxylation is 2. The van der Waals surface area contributed by atoms with Gasteiger partial charge in [0.25, 0.3) is 0 Å². The largest absolute Gasteiger partial charge is 0.481 e. The van der Waals surface area contributed by atoms with E-state index in [0.29, 0.717) is 52.4 Å². The van der Waals surface area contributed by atoms with Gasteiger partial charge in [0.1, 0.15) is 11.5 Å². The number of pyridine rings is 1. The van der Waals surface area contributed by atoms with Gasteiger partial charge < -0.3 is 24.2 Å². The number of amides is 1. The molecule has 9 heteroatoms. The molecule has 2 aliphatic rings. The lowest BCUT2D eigenvalue weighted by Gasteiger charge is -2.39. The molecule has 2 saturated heterocycles. The van der Waals surface area contributed by atoms with Gasteiger partial charge in [-0.15, -0.1) is 0 Å². The first-order valence-corrected chi connectivity index (χ1v) is 17.3. The van der Waals surface area contributed by atoms with Crippen LogP contribution in [0, 0.1) is 25.6 Å². The molecule has 3 aromatic carbocycles. The summed E-state index contributed by atoms with van der Waals surface area (Å²) >= 11 is 0. The zero-order valence-electron chi connectivity index (χ0n) is 28.2. The predicted molar refractivity (Wildman–Crippen MR) is 190 cm³/mol. The van der Waals surface area contributed by atoms with E-state index in [1.807, 2.05) is 24.0 Å². The number of nitrogens with zero attached hydrogens (tertiary/aromatic N) is 4. The van der Waals surface area contributed by atoms with Gasteiger partial charge in [0.2, 0.25) is 5.91 Å². The number of carboxylic acids is 1. The lowest BCUT2D eigenvalue weighted by molar-refractivity contribution is -0.137. The van der Waals surface area contributed by atoms with Gasteiger partial charge in [-0.05, 0) is 91.6 Å². The van der Waals surface area contributed by atoms with E-state index in [2.05, 4.69) is 52.8 Å². The highest BCUT2D eigenvalue weighted by atomic mass is 19.1. The SMILES string of the molecule is Cc1nc2c(c(C)c1CCC(=O)O)c1ccccc1n2Cc1ccc(C(C(=O)N2CCN(c3ccc(F)cc3)CC2)C2CCOCC2)cc1. The molecule has 49 heavy (non-hydrogen) atoms. The zero-order chi connectivity index (χ0) is 34.1. The van der Waals surface area contributed by atoms with Gasteiger partial charge in [0.05, 0.1) is 11.4 Å². The number of ether oxygens (including phenoxy) is 1. The number of carboxylic acid groups (broad SMARTS) is 1. The van der Waals surface area contributed by atoms with E-state index in [0.717, 1.165) is 68.4 Å². The van der Waals surface area contributed by atoms with E-state index in [1.54, 1.807) is 12.1 Å². The lowest BCUT2D eigenvalue weighted by Crippen LogP contribution is -2.51. The molecular weight excluding hydrogens is 619 g/mol. The van der Waals surface area contributed by atoms with Crippen LogP contribution in [0.25, 0.3) is 21.9 Å². The van der Waals surface area contributed by atoms with Crippen LogP contribution in [0.2, 0.25) is 0 Å². The average molecular weight is 663 g/mol. The molecule has 2 aliphatic heterocycles. The van der Waals surface area contributed by atoms with Crippen molar-refractivity contribution in [3.63, 3.8) is 0 Å². The van der Waals surface area contributed by atoms with Crippen molar-refractivity contribution in [2.24, 2.45) is 5.92 Å². The number of rotatable bonds is 9. The number of fused-ring (bicyclic) bond motifs is 3. The fourth-order valence-electron chi connectivity index (χ4n) is 7.90. The maximum absolute atomic E-state index is 14.3. The van der Waals surface area contributed by atoms with E-state index < -0.39 is 5.97 Å². The third kappa shape index (κ3) is 6.64. The number of aromatic nitrogens is 2. The Balaban J connectivity index is 1.15. The van der Waals surface area contributed by atoms with Gasteiger partial charge in [-0.25, -0.2) is 9.37 Å². The van der Waals surface area contributed by atoms with Gasteiger partial charge in [-0.2, -0.15) is 0 Å². The number of benzene rings is 3. The molecule has 0 saturated carbocycles. The number of para-hydroxylation sites is 1. The first kappa shape index (κ1) is 32.8. The van der Waals surface area contributed by atoms with Gasteiger partial charge in [-0.1, -0.05) is 42.5 Å². The second kappa shape index (κ2) is 14.0. The quantitative estimate of drug-likeness (QED) is 0.185. The summed E-state index contributed by atoms with van der Waals surface area (Å²) in [6.07, 6.45) is 2.24. The van der Waals surface area contributed by atoms with E-state index >= 15 is 0 Å². The molecule has 0 radical (unpaired) electrons. The van der Waals surface area contributed by atoms with Crippen LogP contribution in [0.3, 0.4) is 0 Å². The number of carbonyl (C=O) groups excluding carboxylic acids is 1. The Labute approximate surface area is 286 Å². The highest BCUT2D eigenvalue weighted by molar-refractivity contribution is 6.08. The molecule has 8 nitrogen and oxygen atoms in total. The molecule has 254 valence electrons. The fourth-order valence-corrected chi connectivity index (χ4v) is 7.90. The minimum absolute atomic E-state index is 0.0729. The van der Waals surface area contributed by atoms with Crippen molar-refractivity contribution in [1.29, 1.82) is 0 Å². The summed E-state index contributed by atoms with van der Waals surface area (Å²) in [6.45, 7) is 8.69. The second-order valence-electron chi connectivity index (χ2n) is 13.5. The first-order chi connectivity index (χ1) is 23.8. The van der Waals surface area contributed by atoms with Crippen LogP contribution in [0.15, 0.2) is 72.8 Å². The summed E-state index contributed by atoms with van der Waals surface area (Å²) in [5, 5.41) is 11.5. The van der Waals surface area contributed by atoms with Gasteiger partial charge >= 0.3 is 5.97 Å². The molecule has 0 bridgehead atoms. The van der Waals surface area contributed by atoms with Crippen LogP contribution in [-0.4, -0.2) is 70.8 Å². The van der Waals surface area contributed by atoms with Gasteiger partial charge in [0, 0.05) is 74.5 Å². The Morgan fingerprint density at radius 1 is 0.939 bits per heavy atom. The van der Waals surface area contributed by atoms with Crippen molar-refractivity contribution in [2.75, 3.05) is 44.3 Å². The number of aliphatic carboxylic acids is 1. The molecule has 1 unspecified atom stereocenters. The Kier molecular flexibility index (Phi) is 9.36. The Morgan fingerprint density at radius 2 is 1.63 bits per heavy atom. The zero-order valence-corrected chi connectivity index (χ0v) is 28.2. The van der Waals surface area contributed by atoms with Gasteiger partial charge in [0.15, 0.2) is 0 Å². The molecule has 0 aliphatic carbocycles. The Morgan fingerprint density at radius 3 is 2.33 bits per heavy atom. The summed E-state index contributed by atoms with van der Waals surface area (Å²) in [5.74, 6) is -0.905. The van der Waals surface area contributed by atoms with Crippen molar-refractivity contribution >= 4 is 39.5 Å². The van der Waals surface area contributed by atoms with E-state index in [4.69, 9.17) is 9.72 Å². The third-order valence-electron chi connectivity index (χ3n) is 10.5. The van der Waals surface area contributed by atoms with Crippen LogP contribution in [0.4, 0.5) is 10.1 Å². The summed E-state index contributed by atoms with van der Waals surface area (Å²) in [6, 6.07) is 23.4. The minimum atomic E-state index is -0.810. The molecule has 7 rings (SSSR count). The molecule has 1 N–H and O–H groups in total. The summed E-state index contributed by atoms with van der Waals surface area (Å²) < 4.78 is 21.4. The number of hydrogen-bond donors (Lipinski definition) is 1. The van der Waals surface area contributed by atoms with E-state index in [9.17, 15) is 19.1 Å². The Hall–Kier alpha value is -4.76. The lowest BCUT2D eigenvalue weighted by atomic mass is 9.80. The number of hydrogen-bond acceptors (Lipinski definition) is 5. The smallest absolute Gasteiger partial charge is 0.303 e. The van der Waals surface area contributed by atoms with Crippen LogP contribution in [0.5, 0.6) is 0 Å². The van der Waals surface area contributed by atoms with Crippen LogP contribution < -0.4 is 4.90 Å². The molecule has 0 spiro atoms. The normalized spacial score (nSPS) is 16.4. The standard InChI is InChI=1S/C40H43FN4O4/c1-26-33(15-16-36(46)47)27(2)42-39-37(26)34-5-3-4-6-35(34)45(39)25-28-7-9-29(10-8-28)38(30-17-23-49-24-18-30)40(48)44-21-19-43(20-22-44)32-13-11-31(41)12-14-32/h3-14,30,38H,15-25H2,1-2H3,(H,46,47). The number of piperazine rings is 1. The molecule has 4 heterocycles. The summed E-state index contributed by atoms with van der Waals surface area (Å²) in [5.41, 5.74) is 8.07. The van der Waals surface area contributed by atoms with E-state index in [-0.39, 0.29) is 30.0 Å². The molecule has 2 aromatic heterocycles. The van der Waals surface area contributed by atoms with Crippen LogP contribution in [0.1, 0.15) is 53.1 Å². The van der Waals surface area contributed by atoms with Crippen LogP contribution in [-0.2, 0) is 27.3 Å². The maximum Gasteiger partial charge on any atom is 0.303 e. The van der Waals surface area contributed by atoms with Crippen molar-refractivity contribution in [3.8, 4) is 0 Å². The molecule has 2 fully saturated rings. The minimum Gasteiger partial charge on any atom is -0.481 e. The Bertz CT molecular complexity index is 1970. The predicted octanol–water partition coefficient (Wildman–Crippen LogP) is 6.87. The molecule has 5 aromatic rings. The molecule has 1 amide bonds. The molecular formula is C40H43FN4O4. The maximum atomic E-state index is 14.3. The molecule has 1 atom stereocenters. The monoisotopic (exact) mass is 662 g/mol. The van der Waals surface area contributed by atoms with Crippen molar-refractivity contribution in [2.45, 2.75) is 52.0 Å². The summed E-state index contributed by atoms with van der Waals surface area (Å²) in [4.78, 5) is 34.9.